The first-order valence-corrected chi connectivity index (χ1v) is 7.62. The minimum atomic E-state index is 0.370. The van der Waals surface area contributed by atoms with Crippen LogP contribution in [0.3, 0.4) is 0 Å². The molecule has 0 aliphatic carbocycles. The lowest BCUT2D eigenvalue weighted by Crippen LogP contribution is -2.22. The highest BCUT2D eigenvalue weighted by Gasteiger charge is 2.13. The Kier molecular flexibility index (Phi) is 4.94. The molecule has 0 radical (unpaired) electrons. The van der Waals surface area contributed by atoms with Crippen molar-refractivity contribution in [3.63, 3.8) is 0 Å². The van der Waals surface area contributed by atoms with Crippen LogP contribution in [0.15, 0.2) is 35.8 Å². The molecular weight excluding hydrogens is 343 g/mol. The van der Waals surface area contributed by atoms with Crippen molar-refractivity contribution in [2.45, 2.75) is 19.4 Å². The molecule has 2 rings (SSSR count). The van der Waals surface area contributed by atoms with Crippen LogP contribution in [0.4, 0.5) is 0 Å². The van der Waals surface area contributed by atoms with Crippen LogP contribution in [-0.4, -0.2) is 11.5 Å². The summed E-state index contributed by atoms with van der Waals surface area (Å²) in [6.07, 6.45) is 2.80. The zero-order valence-corrected chi connectivity index (χ0v) is 12.7. The predicted molar refractivity (Wildman–Crippen MR) is 81.4 cm³/mol. The minimum absolute atomic E-state index is 0.370. The van der Waals surface area contributed by atoms with Gasteiger partial charge in [0.1, 0.15) is 0 Å². The summed E-state index contributed by atoms with van der Waals surface area (Å²) >= 11 is 4.16. The van der Waals surface area contributed by atoms with Crippen LogP contribution in [0.1, 0.15) is 24.2 Å². The molecule has 2 heterocycles. The van der Waals surface area contributed by atoms with Crippen LogP contribution in [0.25, 0.3) is 0 Å². The second kappa shape index (κ2) is 6.47. The van der Waals surface area contributed by atoms with Gasteiger partial charge >= 0.3 is 0 Å². The molecule has 0 bridgehead atoms. The number of rotatable bonds is 5. The van der Waals surface area contributed by atoms with E-state index < -0.39 is 0 Å². The summed E-state index contributed by atoms with van der Waals surface area (Å²) in [5, 5.41) is 5.76. The van der Waals surface area contributed by atoms with Crippen LogP contribution in [0.2, 0.25) is 0 Å². The molecule has 0 saturated heterocycles. The average Bonchev–Trinajstić information content (AvgIpc) is 2.77. The first-order chi connectivity index (χ1) is 8.29. The highest BCUT2D eigenvalue weighted by Crippen LogP contribution is 2.24. The molecule has 0 fully saturated rings. The Bertz CT molecular complexity index is 455. The standard InChI is InChI=1S/C13H15IN2S/c1-2-15-12(10-7-13(14)17-9-10)8-11-5-3-4-6-16-11/h3-7,9,12,15H,2,8H2,1H3. The van der Waals surface area contributed by atoms with E-state index in [-0.39, 0.29) is 0 Å². The van der Waals surface area contributed by atoms with Crippen molar-refractivity contribution in [1.82, 2.24) is 10.3 Å². The fourth-order valence-electron chi connectivity index (χ4n) is 1.79. The summed E-state index contributed by atoms with van der Waals surface area (Å²) in [7, 11) is 0. The van der Waals surface area contributed by atoms with Gasteiger partial charge in [0, 0.05) is 24.4 Å². The number of aromatic nitrogens is 1. The lowest BCUT2D eigenvalue weighted by atomic mass is 10.0. The maximum Gasteiger partial charge on any atom is 0.0656 e. The van der Waals surface area contributed by atoms with E-state index in [1.165, 1.54) is 8.45 Å². The molecule has 0 saturated carbocycles. The number of halogens is 1. The van der Waals surface area contributed by atoms with Crippen molar-refractivity contribution in [1.29, 1.82) is 0 Å². The largest absolute Gasteiger partial charge is 0.310 e. The molecular formula is C13H15IN2S. The van der Waals surface area contributed by atoms with Gasteiger partial charge in [0.25, 0.3) is 0 Å². The van der Waals surface area contributed by atoms with Crippen molar-refractivity contribution < 1.29 is 0 Å². The highest BCUT2D eigenvalue weighted by atomic mass is 127. The summed E-state index contributed by atoms with van der Waals surface area (Å²) in [5.74, 6) is 0. The summed E-state index contributed by atoms with van der Waals surface area (Å²) < 4.78 is 1.33. The molecule has 2 aromatic heterocycles. The Labute approximate surface area is 120 Å². The smallest absolute Gasteiger partial charge is 0.0656 e. The van der Waals surface area contributed by atoms with Crippen molar-refractivity contribution in [2.24, 2.45) is 0 Å². The van der Waals surface area contributed by atoms with Crippen LogP contribution in [0.5, 0.6) is 0 Å². The Morgan fingerprint density at radius 3 is 2.94 bits per heavy atom. The first-order valence-electron chi connectivity index (χ1n) is 5.67. The van der Waals surface area contributed by atoms with Gasteiger partial charge in [-0.2, -0.15) is 0 Å². The maximum atomic E-state index is 4.39. The second-order valence-electron chi connectivity index (χ2n) is 3.82. The van der Waals surface area contributed by atoms with Gasteiger partial charge in [0.2, 0.25) is 0 Å². The third kappa shape index (κ3) is 3.76. The Morgan fingerprint density at radius 2 is 2.35 bits per heavy atom. The molecule has 17 heavy (non-hydrogen) atoms. The van der Waals surface area contributed by atoms with Crippen LogP contribution >= 0.6 is 33.9 Å². The summed E-state index contributed by atoms with van der Waals surface area (Å²) in [6.45, 7) is 3.12. The molecule has 0 aliphatic rings. The van der Waals surface area contributed by atoms with E-state index >= 15 is 0 Å². The van der Waals surface area contributed by atoms with Gasteiger partial charge in [0.05, 0.1) is 2.88 Å². The Balaban J connectivity index is 2.13. The Hall–Kier alpha value is -0.460. The van der Waals surface area contributed by atoms with E-state index in [4.69, 9.17) is 0 Å². The van der Waals surface area contributed by atoms with Crippen molar-refractivity contribution in [2.75, 3.05) is 6.54 Å². The lowest BCUT2D eigenvalue weighted by molar-refractivity contribution is 0.545. The molecule has 90 valence electrons. The quantitative estimate of drug-likeness (QED) is 0.826. The summed E-state index contributed by atoms with van der Waals surface area (Å²) in [5.41, 5.74) is 2.51. The average molecular weight is 358 g/mol. The van der Waals surface area contributed by atoms with Crippen molar-refractivity contribution in [3.8, 4) is 0 Å². The number of hydrogen-bond acceptors (Lipinski definition) is 3. The van der Waals surface area contributed by atoms with E-state index in [0.29, 0.717) is 6.04 Å². The number of hydrogen-bond donors (Lipinski definition) is 1. The normalized spacial score (nSPS) is 12.6. The number of likely N-dealkylation sites (N-methyl/N-ethyl adjacent to an activating group) is 1. The molecule has 2 nitrogen and oxygen atoms in total. The van der Waals surface area contributed by atoms with E-state index in [9.17, 15) is 0 Å². The summed E-state index contributed by atoms with van der Waals surface area (Å²) in [4.78, 5) is 4.39. The van der Waals surface area contributed by atoms with Gasteiger partial charge in [-0.25, -0.2) is 0 Å². The van der Waals surface area contributed by atoms with Gasteiger partial charge in [-0.05, 0) is 58.3 Å². The molecule has 0 spiro atoms. The fourth-order valence-corrected chi connectivity index (χ4v) is 3.21. The molecule has 4 heteroatoms. The molecule has 1 N–H and O–H groups in total. The Morgan fingerprint density at radius 1 is 1.47 bits per heavy atom. The fraction of sp³-hybridized carbons (Fsp3) is 0.308. The van der Waals surface area contributed by atoms with Crippen LogP contribution in [0, 0.1) is 2.88 Å². The van der Waals surface area contributed by atoms with E-state index in [2.05, 4.69) is 57.3 Å². The zero-order chi connectivity index (χ0) is 12.1. The highest BCUT2D eigenvalue weighted by molar-refractivity contribution is 14.1. The molecule has 2 aromatic rings. The SMILES string of the molecule is CCNC(Cc1ccccn1)c1csc(I)c1. The van der Waals surface area contributed by atoms with Crippen LogP contribution < -0.4 is 5.32 Å². The second-order valence-corrected chi connectivity index (χ2v) is 6.63. The lowest BCUT2D eigenvalue weighted by Gasteiger charge is -2.16. The first kappa shape index (κ1) is 13.0. The number of nitrogens with one attached hydrogen (secondary N) is 1. The van der Waals surface area contributed by atoms with Crippen LogP contribution in [-0.2, 0) is 6.42 Å². The monoisotopic (exact) mass is 358 g/mol. The minimum Gasteiger partial charge on any atom is -0.310 e. The topological polar surface area (TPSA) is 24.9 Å². The third-order valence-corrected chi connectivity index (χ3v) is 4.39. The number of nitrogens with zero attached hydrogens (tertiary/aromatic N) is 1. The van der Waals surface area contributed by atoms with Gasteiger partial charge in [-0.3, -0.25) is 4.98 Å². The molecule has 1 atom stereocenters. The predicted octanol–water partition coefficient (Wildman–Crippen LogP) is 3.64. The van der Waals surface area contributed by atoms with E-state index in [1.807, 2.05) is 18.3 Å². The van der Waals surface area contributed by atoms with E-state index in [0.717, 1.165) is 18.7 Å². The molecule has 0 aromatic carbocycles. The van der Waals surface area contributed by atoms with E-state index in [1.54, 1.807) is 11.3 Å². The number of thiophene rings is 1. The zero-order valence-electron chi connectivity index (χ0n) is 9.69. The maximum absolute atomic E-state index is 4.39. The van der Waals surface area contributed by atoms with Crippen molar-refractivity contribution in [3.05, 3.63) is 50.0 Å². The van der Waals surface area contributed by atoms with Gasteiger partial charge in [-0.15, -0.1) is 11.3 Å². The van der Waals surface area contributed by atoms with Gasteiger partial charge < -0.3 is 5.32 Å². The van der Waals surface area contributed by atoms with Gasteiger partial charge in [-0.1, -0.05) is 13.0 Å². The third-order valence-electron chi connectivity index (χ3n) is 2.58. The molecule has 0 amide bonds. The molecule has 1 unspecified atom stereocenters. The summed E-state index contributed by atoms with van der Waals surface area (Å²) in [6, 6.07) is 8.71. The van der Waals surface area contributed by atoms with Crippen molar-refractivity contribution >= 4 is 33.9 Å². The van der Waals surface area contributed by atoms with Gasteiger partial charge in [0.15, 0.2) is 0 Å². The number of pyridine rings is 1. The molecule has 0 aliphatic heterocycles.